The first-order valence-electron chi connectivity index (χ1n) is 6.53. The third-order valence-corrected chi connectivity index (χ3v) is 3.38. The molecule has 0 amide bonds. The van der Waals surface area contributed by atoms with Crippen LogP contribution in [0.5, 0.6) is 0 Å². The molecule has 102 valence electrons. The summed E-state index contributed by atoms with van der Waals surface area (Å²) in [4.78, 5) is 2.26. The quantitative estimate of drug-likeness (QED) is 0.835. The van der Waals surface area contributed by atoms with Gasteiger partial charge in [-0.15, -0.1) is 0 Å². The summed E-state index contributed by atoms with van der Waals surface area (Å²) in [6.45, 7) is 6.49. The van der Waals surface area contributed by atoms with E-state index in [0.29, 0.717) is 12.1 Å². The number of morpholine rings is 1. The molecule has 0 spiro atoms. The molecule has 19 heavy (non-hydrogen) atoms. The minimum Gasteiger partial charge on any atom is -0.373 e. The van der Waals surface area contributed by atoms with Crippen molar-refractivity contribution in [2.24, 2.45) is 0 Å². The molecule has 0 N–H and O–H groups in total. The van der Waals surface area contributed by atoms with Crippen molar-refractivity contribution in [3.8, 4) is 0 Å². The lowest BCUT2D eigenvalue weighted by atomic mass is 10.1. The van der Waals surface area contributed by atoms with E-state index >= 15 is 0 Å². The third kappa shape index (κ3) is 2.62. The molecule has 2 atom stereocenters. The lowest BCUT2D eigenvalue weighted by molar-refractivity contribution is -0.0708. The van der Waals surface area contributed by atoms with Crippen molar-refractivity contribution < 1.29 is 13.7 Å². The molecule has 0 aliphatic carbocycles. The van der Waals surface area contributed by atoms with E-state index in [0.717, 1.165) is 24.2 Å². The van der Waals surface area contributed by atoms with Crippen molar-refractivity contribution in [3.63, 3.8) is 0 Å². The van der Waals surface area contributed by atoms with Crippen LogP contribution in [0, 0.1) is 5.82 Å². The van der Waals surface area contributed by atoms with E-state index in [1.807, 2.05) is 0 Å². The highest BCUT2D eigenvalue weighted by atomic mass is 19.1. The Kier molecular flexibility index (Phi) is 3.24. The number of fused-ring (bicyclic) bond motifs is 1. The van der Waals surface area contributed by atoms with Gasteiger partial charge in [-0.2, -0.15) is 0 Å². The zero-order valence-electron chi connectivity index (χ0n) is 11.1. The monoisotopic (exact) mass is 264 g/mol. The molecular formula is C14H17FN2O2. The standard InChI is InChI=1S/C14H17FN2O2/c1-9-6-17(7-10(2)18-9)8-13-12-5-11(15)3-4-14(12)19-16-13/h3-5,9-10H,6-8H2,1-2H3. The van der Waals surface area contributed by atoms with Gasteiger partial charge < -0.3 is 9.26 Å². The first-order valence-corrected chi connectivity index (χ1v) is 6.53. The van der Waals surface area contributed by atoms with Gasteiger partial charge in [0.05, 0.1) is 12.2 Å². The first kappa shape index (κ1) is 12.6. The highest BCUT2D eigenvalue weighted by molar-refractivity contribution is 5.79. The molecule has 1 aromatic carbocycles. The molecule has 0 saturated carbocycles. The maximum absolute atomic E-state index is 13.3. The largest absolute Gasteiger partial charge is 0.373 e. The molecule has 1 aromatic heterocycles. The molecule has 5 heteroatoms. The number of halogens is 1. The van der Waals surface area contributed by atoms with Crippen molar-refractivity contribution in [2.75, 3.05) is 13.1 Å². The first-order chi connectivity index (χ1) is 9.11. The summed E-state index contributed by atoms with van der Waals surface area (Å²) >= 11 is 0. The predicted octanol–water partition coefficient (Wildman–Crippen LogP) is 2.58. The fraction of sp³-hybridized carbons (Fsp3) is 0.500. The molecular weight excluding hydrogens is 247 g/mol. The van der Waals surface area contributed by atoms with E-state index in [2.05, 4.69) is 23.9 Å². The van der Waals surface area contributed by atoms with Gasteiger partial charge in [-0.1, -0.05) is 5.16 Å². The van der Waals surface area contributed by atoms with Gasteiger partial charge in [0.2, 0.25) is 0 Å². The number of hydrogen-bond acceptors (Lipinski definition) is 4. The summed E-state index contributed by atoms with van der Waals surface area (Å²) in [6.07, 6.45) is 0.414. The van der Waals surface area contributed by atoms with Gasteiger partial charge in [0.1, 0.15) is 11.5 Å². The summed E-state index contributed by atoms with van der Waals surface area (Å²) in [7, 11) is 0. The highest BCUT2D eigenvalue weighted by Crippen LogP contribution is 2.22. The number of hydrogen-bond donors (Lipinski definition) is 0. The number of aromatic nitrogens is 1. The average molecular weight is 264 g/mol. The van der Waals surface area contributed by atoms with Crippen molar-refractivity contribution in [1.29, 1.82) is 0 Å². The molecule has 1 aliphatic heterocycles. The molecule has 2 heterocycles. The Morgan fingerprint density at radius 3 is 2.79 bits per heavy atom. The zero-order valence-corrected chi connectivity index (χ0v) is 11.1. The van der Waals surface area contributed by atoms with Gasteiger partial charge in [0.15, 0.2) is 5.58 Å². The van der Waals surface area contributed by atoms with Crippen molar-refractivity contribution >= 4 is 11.0 Å². The number of nitrogens with zero attached hydrogens (tertiary/aromatic N) is 2. The Morgan fingerprint density at radius 2 is 2.05 bits per heavy atom. The summed E-state index contributed by atoms with van der Waals surface area (Å²) in [5.74, 6) is -0.263. The van der Waals surface area contributed by atoms with Gasteiger partial charge in [0, 0.05) is 25.0 Å². The molecule has 1 saturated heterocycles. The van der Waals surface area contributed by atoms with Crippen molar-refractivity contribution in [3.05, 3.63) is 29.7 Å². The fourth-order valence-corrected chi connectivity index (χ4v) is 2.70. The maximum Gasteiger partial charge on any atom is 0.167 e. The Labute approximate surface area is 111 Å². The van der Waals surface area contributed by atoms with Crippen molar-refractivity contribution in [2.45, 2.75) is 32.6 Å². The Bertz CT molecular complexity index is 574. The summed E-state index contributed by atoms with van der Waals surface area (Å²) in [5.41, 5.74) is 1.42. The number of rotatable bonds is 2. The smallest absolute Gasteiger partial charge is 0.167 e. The van der Waals surface area contributed by atoms with Crippen LogP contribution in [0.15, 0.2) is 22.7 Å². The second-order valence-electron chi connectivity index (χ2n) is 5.22. The van der Waals surface area contributed by atoms with Crippen LogP contribution in [0.4, 0.5) is 4.39 Å². The van der Waals surface area contributed by atoms with Crippen molar-refractivity contribution in [1.82, 2.24) is 10.1 Å². The van der Waals surface area contributed by atoms with E-state index in [1.165, 1.54) is 12.1 Å². The van der Waals surface area contributed by atoms with Gasteiger partial charge >= 0.3 is 0 Å². The van der Waals surface area contributed by atoms with Crippen LogP contribution in [0.3, 0.4) is 0 Å². The van der Waals surface area contributed by atoms with Gasteiger partial charge in [-0.25, -0.2) is 4.39 Å². The molecule has 0 bridgehead atoms. The molecule has 2 unspecified atom stereocenters. The SMILES string of the molecule is CC1CN(Cc2noc3ccc(F)cc23)CC(C)O1. The van der Waals surface area contributed by atoms with Gasteiger partial charge in [-0.3, -0.25) is 4.90 Å². The minimum absolute atomic E-state index is 0.207. The minimum atomic E-state index is -0.263. The van der Waals surface area contributed by atoms with Gasteiger partial charge in [0.25, 0.3) is 0 Å². The highest BCUT2D eigenvalue weighted by Gasteiger charge is 2.23. The normalized spacial score (nSPS) is 25.0. The lowest BCUT2D eigenvalue weighted by Gasteiger charge is -2.34. The molecule has 1 fully saturated rings. The van der Waals surface area contributed by atoms with E-state index in [9.17, 15) is 4.39 Å². The van der Waals surface area contributed by atoms with Crippen LogP contribution in [0.25, 0.3) is 11.0 Å². The molecule has 2 aromatic rings. The average Bonchev–Trinajstić information content (AvgIpc) is 2.70. The maximum atomic E-state index is 13.3. The molecule has 0 radical (unpaired) electrons. The van der Waals surface area contributed by atoms with E-state index in [-0.39, 0.29) is 18.0 Å². The van der Waals surface area contributed by atoms with Crippen LogP contribution < -0.4 is 0 Å². The third-order valence-electron chi connectivity index (χ3n) is 3.38. The Morgan fingerprint density at radius 1 is 1.32 bits per heavy atom. The molecule has 1 aliphatic rings. The van der Waals surface area contributed by atoms with E-state index < -0.39 is 0 Å². The second-order valence-corrected chi connectivity index (χ2v) is 5.22. The van der Waals surface area contributed by atoms with Crippen LogP contribution in [-0.4, -0.2) is 35.4 Å². The van der Waals surface area contributed by atoms with Crippen LogP contribution in [0.2, 0.25) is 0 Å². The Balaban J connectivity index is 1.83. The van der Waals surface area contributed by atoms with Crippen LogP contribution in [0.1, 0.15) is 19.5 Å². The van der Waals surface area contributed by atoms with Gasteiger partial charge in [-0.05, 0) is 32.0 Å². The Hall–Kier alpha value is -1.46. The summed E-state index contributed by atoms with van der Waals surface area (Å²) < 4.78 is 24.2. The number of benzene rings is 1. The van der Waals surface area contributed by atoms with Crippen LogP contribution in [-0.2, 0) is 11.3 Å². The topological polar surface area (TPSA) is 38.5 Å². The van der Waals surface area contributed by atoms with Crippen LogP contribution >= 0.6 is 0 Å². The summed E-state index contributed by atoms with van der Waals surface area (Å²) in [5, 5.41) is 4.81. The molecule has 3 rings (SSSR count). The van der Waals surface area contributed by atoms with E-state index in [4.69, 9.17) is 9.26 Å². The second kappa shape index (κ2) is 4.90. The zero-order chi connectivity index (χ0) is 13.4. The number of ether oxygens (including phenoxy) is 1. The fourth-order valence-electron chi connectivity index (χ4n) is 2.70. The predicted molar refractivity (Wildman–Crippen MR) is 69.3 cm³/mol. The summed E-state index contributed by atoms with van der Waals surface area (Å²) in [6, 6.07) is 4.48. The van der Waals surface area contributed by atoms with E-state index in [1.54, 1.807) is 6.07 Å². The lowest BCUT2D eigenvalue weighted by Crippen LogP contribution is -2.44. The molecule has 4 nitrogen and oxygen atoms in total.